The summed E-state index contributed by atoms with van der Waals surface area (Å²) >= 11 is 0. The van der Waals surface area contributed by atoms with Gasteiger partial charge < -0.3 is 4.74 Å². The zero-order valence-electron chi connectivity index (χ0n) is 18.6. The largest absolute Gasteiger partial charge is 0.426 e. The second-order valence-electron chi connectivity index (χ2n) is 8.93. The van der Waals surface area contributed by atoms with E-state index in [9.17, 15) is 18.0 Å². The van der Waals surface area contributed by atoms with Crippen LogP contribution in [0.25, 0.3) is 0 Å². The third kappa shape index (κ3) is 5.65. The molecule has 1 saturated carbocycles. The highest BCUT2D eigenvalue weighted by atomic mass is 19.2. The van der Waals surface area contributed by atoms with Crippen molar-refractivity contribution in [2.75, 3.05) is 0 Å². The van der Waals surface area contributed by atoms with Gasteiger partial charge in [0.1, 0.15) is 5.75 Å². The van der Waals surface area contributed by atoms with Crippen LogP contribution >= 0.6 is 0 Å². The molecule has 0 aliphatic heterocycles. The van der Waals surface area contributed by atoms with Gasteiger partial charge in [-0.15, -0.1) is 0 Å². The molecule has 172 valence electrons. The van der Waals surface area contributed by atoms with E-state index in [2.05, 4.69) is 55.5 Å². The van der Waals surface area contributed by atoms with Crippen molar-refractivity contribution < 1.29 is 22.7 Å². The lowest BCUT2D eigenvalue weighted by Gasteiger charge is -2.27. The molecule has 0 bridgehead atoms. The van der Waals surface area contributed by atoms with Gasteiger partial charge in [0.2, 0.25) is 0 Å². The Bertz CT molecular complexity index is 1060. The SMILES string of the molecule is CC(Cc1ccc(C2CCC(C(=O)Oc3cc(F)c(F)c(F)c3)CC2)cc1)c1ccccc1. The average molecular weight is 453 g/mol. The molecule has 0 radical (unpaired) electrons. The van der Waals surface area contributed by atoms with E-state index in [4.69, 9.17) is 4.74 Å². The number of carbonyl (C=O) groups is 1. The molecule has 1 unspecified atom stereocenters. The number of benzene rings is 3. The number of halogens is 3. The van der Waals surface area contributed by atoms with Crippen molar-refractivity contribution in [1.82, 2.24) is 0 Å². The summed E-state index contributed by atoms with van der Waals surface area (Å²) in [6.07, 6.45) is 3.94. The summed E-state index contributed by atoms with van der Waals surface area (Å²) in [5.74, 6) is -4.66. The first-order chi connectivity index (χ1) is 15.9. The lowest BCUT2D eigenvalue weighted by Crippen LogP contribution is -2.25. The minimum atomic E-state index is -1.57. The summed E-state index contributed by atoms with van der Waals surface area (Å²) in [5, 5.41) is 0. The molecule has 3 aromatic carbocycles. The Balaban J connectivity index is 1.30. The molecular formula is C28H27F3O2. The van der Waals surface area contributed by atoms with Gasteiger partial charge in [-0.05, 0) is 60.6 Å². The third-order valence-electron chi connectivity index (χ3n) is 6.60. The number of carbonyl (C=O) groups excluding carboxylic acids is 1. The molecule has 1 aliphatic carbocycles. The first kappa shape index (κ1) is 23.1. The molecule has 0 amide bonds. The van der Waals surface area contributed by atoms with Crippen molar-refractivity contribution in [3.63, 3.8) is 0 Å². The predicted octanol–water partition coefficient (Wildman–Crippen LogP) is 7.33. The molecule has 0 saturated heterocycles. The van der Waals surface area contributed by atoms with Gasteiger partial charge in [-0.2, -0.15) is 0 Å². The summed E-state index contributed by atoms with van der Waals surface area (Å²) in [7, 11) is 0. The molecule has 0 spiro atoms. The Kier molecular flexibility index (Phi) is 7.17. The summed E-state index contributed by atoms with van der Waals surface area (Å²) < 4.78 is 44.9. The van der Waals surface area contributed by atoms with Crippen LogP contribution in [0.3, 0.4) is 0 Å². The van der Waals surface area contributed by atoms with Gasteiger partial charge in [-0.3, -0.25) is 4.79 Å². The molecular weight excluding hydrogens is 425 g/mol. The molecule has 0 heterocycles. The minimum absolute atomic E-state index is 0.307. The first-order valence-electron chi connectivity index (χ1n) is 11.4. The van der Waals surface area contributed by atoms with E-state index in [0.717, 1.165) is 19.3 Å². The van der Waals surface area contributed by atoms with Crippen LogP contribution < -0.4 is 4.74 Å². The van der Waals surface area contributed by atoms with Crippen molar-refractivity contribution >= 4 is 5.97 Å². The number of rotatable bonds is 6. The normalized spacial score (nSPS) is 19.2. The lowest BCUT2D eigenvalue weighted by molar-refractivity contribution is -0.140. The molecule has 1 aliphatic rings. The van der Waals surface area contributed by atoms with E-state index in [1.165, 1.54) is 16.7 Å². The fourth-order valence-electron chi connectivity index (χ4n) is 4.63. The molecule has 1 fully saturated rings. The highest BCUT2D eigenvalue weighted by Crippen LogP contribution is 2.37. The number of hydrogen-bond acceptors (Lipinski definition) is 2. The Morgan fingerprint density at radius 1 is 0.909 bits per heavy atom. The van der Waals surface area contributed by atoms with Gasteiger partial charge in [-0.1, -0.05) is 61.5 Å². The topological polar surface area (TPSA) is 26.3 Å². The molecule has 1 atom stereocenters. The lowest BCUT2D eigenvalue weighted by atomic mass is 9.78. The maximum Gasteiger partial charge on any atom is 0.314 e. The van der Waals surface area contributed by atoms with Gasteiger partial charge in [0, 0.05) is 12.1 Å². The fourth-order valence-corrected chi connectivity index (χ4v) is 4.63. The maximum atomic E-state index is 13.3. The van der Waals surface area contributed by atoms with Crippen LogP contribution in [0.15, 0.2) is 66.7 Å². The Morgan fingerprint density at radius 2 is 1.52 bits per heavy atom. The molecule has 3 aromatic rings. The van der Waals surface area contributed by atoms with Crippen molar-refractivity contribution in [2.45, 2.75) is 50.9 Å². The Labute approximate surface area is 192 Å². The van der Waals surface area contributed by atoms with Crippen LogP contribution in [-0.4, -0.2) is 5.97 Å². The number of hydrogen-bond donors (Lipinski definition) is 0. The monoisotopic (exact) mass is 452 g/mol. The highest BCUT2D eigenvalue weighted by molar-refractivity contribution is 5.75. The molecule has 2 nitrogen and oxygen atoms in total. The van der Waals surface area contributed by atoms with Crippen LogP contribution in [0.2, 0.25) is 0 Å². The second kappa shape index (κ2) is 10.2. The van der Waals surface area contributed by atoms with Crippen molar-refractivity contribution in [3.8, 4) is 5.75 Å². The van der Waals surface area contributed by atoms with Gasteiger partial charge >= 0.3 is 5.97 Å². The van der Waals surface area contributed by atoms with Crippen LogP contribution in [0, 0.1) is 23.4 Å². The van der Waals surface area contributed by atoms with Gasteiger partial charge in [0.05, 0.1) is 5.92 Å². The first-order valence-corrected chi connectivity index (χ1v) is 11.4. The summed E-state index contributed by atoms with van der Waals surface area (Å²) in [5.41, 5.74) is 3.89. The molecule has 33 heavy (non-hydrogen) atoms. The quantitative estimate of drug-likeness (QED) is 0.222. The van der Waals surface area contributed by atoms with E-state index < -0.39 is 23.4 Å². The maximum absolute atomic E-state index is 13.3. The Hall–Kier alpha value is -3.08. The summed E-state index contributed by atoms with van der Waals surface area (Å²) in [6.45, 7) is 2.23. The van der Waals surface area contributed by atoms with Crippen molar-refractivity contribution in [1.29, 1.82) is 0 Å². The average Bonchev–Trinajstić information content (AvgIpc) is 2.83. The molecule has 5 heteroatoms. The zero-order chi connectivity index (χ0) is 23.4. The smallest absolute Gasteiger partial charge is 0.314 e. The summed E-state index contributed by atoms with van der Waals surface area (Å²) in [6, 6.07) is 20.6. The minimum Gasteiger partial charge on any atom is -0.426 e. The fraction of sp³-hybridized carbons (Fsp3) is 0.321. The van der Waals surface area contributed by atoms with Crippen LogP contribution in [-0.2, 0) is 11.2 Å². The highest BCUT2D eigenvalue weighted by Gasteiger charge is 2.29. The van der Waals surface area contributed by atoms with Gasteiger partial charge in [-0.25, -0.2) is 13.2 Å². The Morgan fingerprint density at radius 3 is 2.12 bits per heavy atom. The van der Waals surface area contributed by atoms with E-state index >= 15 is 0 Å². The van der Waals surface area contributed by atoms with E-state index in [-0.39, 0.29) is 11.7 Å². The van der Waals surface area contributed by atoms with Gasteiger partial charge in [0.15, 0.2) is 17.5 Å². The third-order valence-corrected chi connectivity index (χ3v) is 6.60. The van der Waals surface area contributed by atoms with Crippen LogP contribution in [0.1, 0.15) is 61.1 Å². The summed E-state index contributed by atoms with van der Waals surface area (Å²) in [4.78, 5) is 12.4. The van der Waals surface area contributed by atoms with E-state index in [0.29, 0.717) is 36.8 Å². The standard InChI is InChI=1S/C28H27F3O2/c1-18(20-5-3-2-4-6-20)15-19-7-9-21(10-8-19)22-11-13-23(14-12-22)28(32)33-24-16-25(29)27(31)26(30)17-24/h2-10,16-18,22-23H,11-15H2,1H3. The number of ether oxygens (including phenoxy) is 1. The molecule has 0 aromatic heterocycles. The zero-order valence-corrected chi connectivity index (χ0v) is 18.6. The van der Waals surface area contributed by atoms with Crippen molar-refractivity contribution in [2.24, 2.45) is 5.92 Å². The molecule has 4 rings (SSSR count). The predicted molar refractivity (Wildman–Crippen MR) is 122 cm³/mol. The van der Waals surface area contributed by atoms with E-state index in [1.807, 2.05) is 6.07 Å². The van der Waals surface area contributed by atoms with Gasteiger partial charge in [0.25, 0.3) is 0 Å². The van der Waals surface area contributed by atoms with Crippen LogP contribution in [0.4, 0.5) is 13.2 Å². The molecule has 0 N–H and O–H groups in total. The number of esters is 1. The van der Waals surface area contributed by atoms with E-state index in [1.54, 1.807) is 0 Å². The second-order valence-corrected chi connectivity index (χ2v) is 8.93. The van der Waals surface area contributed by atoms with Crippen LogP contribution in [0.5, 0.6) is 5.75 Å². The van der Waals surface area contributed by atoms with Crippen molar-refractivity contribution in [3.05, 3.63) is 101 Å².